The number of nitrogens with zero attached hydrogens (tertiary/aromatic N) is 1. The number of aliphatic carboxylic acids is 1. The van der Waals surface area contributed by atoms with Crippen LogP contribution in [0.5, 0.6) is 5.75 Å². The number of hydrogen-bond donors (Lipinski definition) is 2. The fraction of sp³-hybridized carbons (Fsp3) is 0.286. The van der Waals surface area contributed by atoms with Gasteiger partial charge in [0.1, 0.15) is 11.8 Å². The number of hydrogen-bond acceptors (Lipinski definition) is 5. The van der Waals surface area contributed by atoms with Crippen molar-refractivity contribution in [3.63, 3.8) is 0 Å². The van der Waals surface area contributed by atoms with Crippen LogP contribution in [0.2, 0.25) is 5.02 Å². The predicted molar refractivity (Wildman–Crippen MR) is 142 cm³/mol. The minimum atomic E-state index is -3.93. The molecule has 0 spiro atoms. The molecule has 0 unspecified atom stereocenters. The molecule has 5 rings (SSSR count). The first kappa shape index (κ1) is 26.2. The molecular weight excluding hydrogens is 528 g/mol. The average molecular weight is 555 g/mol. The van der Waals surface area contributed by atoms with Gasteiger partial charge in [0, 0.05) is 17.1 Å². The van der Waals surface area contributed by atoms with Gasteiger partial charge in [0.2, 0.25) is 15.9 Å². The number of nitrogens with one attached hydrogen (secondary N) is 1. The molecule has 0 bridgehead atoms. The molecule has 8 nitrogen and oxygen atoms in total. The molecular formula is C28H27ClN2O6S. The summed E-state index contributed by atoms with van der Waals surface area (Å²) in [5.74, 6) is -0.830. The standard InChI is InChI=1S/C28H27ClN2O6S/c29-20-4-3-5-22(16-20)38(35,36)31-15-14-25(31)28(34)30-24(17-27(32)33)19-10-8-18(9-11-19)23-6-1-2-7-26(23)37-21-12-13-21/h1-11,16,21,24-25H,12-15,17H2,(H,30,34)(H,32,33)/t24-,25+/m1/s1. The van der Waals surface area contributed by atoms with Crippen molar-refractivity contribution in [3.05, 3.63) is 83.4 Å². The highest BCUT2D eigenvalue weighted by Gasteiger charge is 2.43. The molecule has 2 atom stereocenters. The van der Waals surface area contributed by atoms with Crippen LogP contribution in [0, 0.1) is 0 Å². The number of para-hydroxylation sites is 1. The highest BCUT2D eigenvalue weighted by Crippen LogP contribution is 2.35. The summed E-state index contributed by atoms with van der Waals surface area (Å²) in [5.41, 5.74) is 2.44. The third-order valence-electron chi connectivity index (χ3n) is 6.70. The van der Waals surface area contributed by atoms with Crippen LogP contribution >= 0.6 is 11.6 Å². The smallest absolute Gasteiger partial charge is 0.305 e. The second kappa shape index (κ2) is 10.8. The van der Waals surface area contributed by atoms with E-state index < -0.39 is 34.0 Å². The Kier molecular flexibility index (Phi) is 7.43. The topological polar surface area (TPSA) is 113 Å². The van der Waals surface area contributed by atoms with E-state index in [2.05, 4.69) is 5.32 Å². The number of ether oxygens (including phenoxy) is 1. The molecule has 2 N–H and O–H groups in total. The number of rotatable bonds is 10. The van der Waals surface area contributed by atoms with Crippen molar-refractivity contribution >= 4 is 33.5 Å². The molecule has 38 heavy (non-hydrogen) atoms. The number of amides is 1. The van der Waals surface area contributed by atoms with Gasteiger partial charge in [0.15, 0.2) is 0 Å². The van der Waals surface area contributed by atoms with Gasteiger partial charge in [-0.2, -0.15) is 4.31 Å². The van der Waals surface area contributed by atoms with Gasteiger partial charge in [-0.1, -0.05) is 60.1 Å². The zero-order valence-electron chi connectivity index (χ0n) is 20.4. The van der Waals surface area contributed by atoms with Gasteiger partial charge >= 0.3 is 5.97 Å². The Morgan fingerprint density at radius 3 is 2.39 bits per heavy atom. The van der Waals surface area contributed by atoms with Crippen LogP contribution in [-0.2, 0) is 19.6 Å². The van der Waals surface area contributed by atoms with Crippen LogP contribution < -0.4 is 10.1 Å². The fourth-order valence-electron chi connectivity index (χ4n) is 4.44. The Morgan fingerprint density at radius 1 is 1.03 bits per heavy atom. The molecule has 2 aliphatic rings. The molecule has 1 aliphatic carbocycles. The van der Waals surface area contributed by atoms with Crippen molar-refractivity contribution in [3.8, 4) is 16.9 Å². The summed E-state index contributed by atoms with van der Waals surface area (Å²) in [4.78, 5) is 24.8. The van der Waals surface area contributed by atoms with Gasteiger partial charge in [-0.3, -0.25) is 9.59 Å². The van der Waals surface area contributed by atoms with E-state index in [4.69, 9.17) is 16.3 Å². The minimum absolute atomic E-state index is 0.00567. The number of halogens is 1. The highest BCUT2D eigenvalue weighted by molar-refractivity contribution is 7.89. The van der Waals surface area contributed by atoms with Crippen molar-refractivity contribution < 1.29 is 27.9 Å². The quantitative estimate of drug-likeness (QED) is 0.377. The van der Waals surface area contributed by atoms with Gasteiger partial charge in [-0.25, -0.2) is 8.42 Å². The summed E-state index contributed by atoms with van der Waals surface area (Å²) in [5, 5.41) is 12.5. The molecule has 198 valence electrons. The first-order chi connectivity index (χ1) is 18.2. The molecule has 10 heteroatoms. The van der Waals surface area contributed by atoms with Gasteiger partial charge in [-0.15, -0.1) is 0 Å². The molecule has 3 aromatic carbocycles. The third-order valence-corrected chi connectivity index (χ3v) is 8.84. The van der Waals surface area contributed by atoms with Crippen LogP contribution in [0.1, 0.15) is 37.3 Å². The lowest BCUT2D eigenvalue weighted by Crippen LogP contribution is -2.58. The number of carbonyl (C=O) groups is 2. The summed E-state index contributed by atoms with van der Waals surface area (Å²) in [7, 11) is -3.93. The third kappa shape index (κ3) is 5.70. The van der Waals surface area contributed by atoms with Crippen molar-refractivity contribution in [2.45, 2.75) is 48.8 Å². The molecule has 1 heterocycles. The van der Waals surface area contributed by atoms with E-state index >= 15 is 0 Å². The first-order valence-electron chi connectivity index (χ1n) is 12.4. The van der Waals surface area contributed by atoms with E-state index in [1.165, 1.54) is 18.2 Å². The monoisotopic (exact) mass is 554 g/mol. The largest absolute Gasteiger partial charge is 0.490 e. The molecule has 2 fully saturated rings. The molecule has 1 saturated carbocycles. The van der Waals surface area contributed by atoms with Gasteiger partial charge < -0.3 is 15.2 Å². The van der Waals surface area contributed by atoms with Crippen LogP contribution in [-0.4, -0.2) is 48.4 Å². The van der Waals surface area contributed by atoms with Crippen molar-refractivity contribution in [1.82, 2.24) is 9.62 Å². The lowest BCUT2D eigenvalue weighted by Gasteiger charge is -2.39. The van der Waals surface area contributed by atoms with Crippen LogP contribution in [0.15, 0.2) is 77.7 Å². The van der Waals surface area contributed by atoms with E-state index in [0.29, 0.717) is 12.0 Å². The van der Waals surface area contributed by atoms with Gasteiger partial charge in [-0.05, 0) is 54.7 Å². The maximum Gasteiger partial charge on any atom is 0.305 e. The Morgan fingerprint density at radius 2 is 1.76 bits per heavy atom. The Balaban J connectivity index is 1.33. The Bertz CT molecular complexity index is 1460. The Labute approximate surface area is 226 Å². The van der Waals surface area contributed by atoms with E-state index in [1.54, 1.807) is 18.2 Å². The molecule has 0 aromatic heterocycles. The number of benzene rings is 3. The normalized spacial score (nSPS) is 18.3. The number of sulfonamides is 1. The summed E-state index contributed by atoms with van der Waals surface area (Å²) in [6, 6.07) is 19.1. The lowest BCUT2D eigenvalue weighted by atomic mass is 9.97. The summed E-state index contributed by atoms with van der Waals surface area (Å²) < 4.78 is 33.3. The van der Waals surface area contributed by atoms with Crippen LogP contribution in [0.3, 0.4) is 0 Å². The zero-order chi connectivity index (χ0) is 26.9. The van der Waals surface area contributed by atoms with Gasteiger partial charge in [0.05, 0.1) is 23.5 Å². The van der Waals surface area contributed by atoms with E-state index in [-0.39, 0.29) is 29.0 Å². The Hall–Kier alpha value is -3.40. The molecule has 1 saturated heterocycles. The summed E-state index contributed by atoms with van der Waals surface area (Å²) in [6.45, 7) is 0.188. The number of carboxylic acids is 1. The van der Waals surface area contributed by atoms with E-state index in [1.807, 2.05) is 36.4 Å². The van der Waals surface area contributed by atoms with Crippen molar-refractivity contribution in [2.24, 2.45) is 0 Å². The minimum Gasteiger partial charge on any atom is -0.490 e. The van der Waals surface area contributed by atoms with Crippen LogP contribution in [0.4, 0.5) is 0 Å². The summed E-state index contributed by atoms with van der Waals surface area (Å²) in [6.07, 6.45) is 2.33. The molecule has 3 aromatic rings. The summed E-state index contributed by atoms with van der Waals surface area (Å²) >= 11 is 5.96. The second-order valence-corrected chi connectivity index (χ2v) is 11.8. The number of carboxylic acid groups (broad SMARTS) is 1. The lowest BCUT2D eigenvalue weighted by molar-refractivity contribution is -0.138. The van der Waals surface area contributed by atoms with Crippen molar-refractivity contribution in [2.75, 3.05) is 6.54 Å². The SMILES string of the molecule is O=C(O)C[C@@H](NC(=O)[C@@H]1CCN1S(=O)(=O)c1cccc(Cl)c1)c1ccc(-c2ccccc2OC2CC2)cc1. The zero-order valence-corrected chi connectivity index (χ0v) is 22.0. The molecule has 0 radical (unpaired) electrons. The van der Waals surface area contributed by atoms with E-state index in [9.17, 15) is 23.1 Å². The maximum atomic E-state index is 13.1. The van der Waals surface area contributed by atoms with E-state index in [0.717, 1.165) is 34.0 Å². The average Bonchev–Trinajstić information content (AvgIpc) is 3.67. The maximum absolute atomic E-state index is 13.1. The molecule has 1 amide bonds. The highest BCUT2D eigenvalue weighted by atomic mass is 35.5. The number of carbonyl (C=O) groups excluding carboxylic acids is 1. The van der Waals surface area contributed by atoms with Crippen LogP contribution in [0.25, 0.3) is 11.1 Å². The van der Waals surface area contributed by atoms with Crippen molar-refractivity contribution in [1.29, 1.82) is 0 Å². The first-order valence-corrected chi connectivity index (χ1v) is 14.2. The fourth-order valence-corrected chi connectivity index (χ4v) is 6.37. The molecule has 1 aliphatic heterocycles. The second-order valence-electron chi connectivity index (χ2n) is 9.47. The predicted octanol–water partition coefficient (Wildman–Crippen LogP) is 4.64. The van der Waals surface area contributed by atoms with Gasteiger partial charge in [0.25, 0.3) is 0 Å².